The van der Waals surface area contributed by atoms with E-state index in [1.165, 1.54) is 6.07 Å². The Morgan fingerprint density at radius 1 is 1.29 bits per heavy atom. The Kier molecular flexibility index (Phi) is 4.59. The van der Waals surface area contributed by atoms with Crippen molar-refractivity contribution in [2.24, 2.45) is 0 Å². The van der Waals surface area contributed by atoms with Crippen LogP contribution in [0.15, 0.2) is 39.9 Å². The van der Waals surface area contributed by atoms with Gasteiger partial charge < -0.3 is 5.32 Å². The number of rotatable bonds is 4. The lowest BCUT2D eigenvalue weighted by molar-refractivity contribution is -0.116. The second-order valence-electron chi connectivity index (χ2n) is 4.56. The molecule has 7 heteroatoms. The number of carbonyl (C=O) groups excluding carboxylic acids is 1. The number of aromatic amines is 1. The molecular formula is C14H14ClN3O3. The molecule has 0 aliphatic carbocycles. The van der Waals surface area contributed by atoms with Gasteiger partial charge in [-0.1, -0.05) is 11.6 Å². The first-order chi connectivity index (χ1) is 9.95. The Morgan fingerprint density at radius 3 is 2.76 bits per heavy atom. The van der Waals surface area contributed by atoms with Gasteiger partial charge in [0, 0.05) is 29.3 Å². The van der Waals surface area contributed by atoms with E-state index >= 15 is 0 Å². The largest absolute Gasteiger partial charge is 0.326 e. The van der Waals surface area contributed by atoms with Gasteiger partial charge in [0.25, 0.3) is 11.1 Å². The highest BCUT2D eigenvalue weighted by molar-refractivity contribution is 6.30. The monoisotopic (exact) mass is 307 g/mol. The standard InChI is InChI=1S/C14H14ClN3O3/c1-9-8-10(15)2-3-11(9)16-12(19)6-7-18-14(21)5-4-13(20)17-18/h2-5,8H,6-7H2,1H3,(H,16,19)(H,17,20). The maximum absolute atomic E-state index is 11.9. The maximum atomic E-state index is 11.9. The first kappa shape index (κ1) is 15.1. The van der Waals surface area contributed by atoms with Crippen LogP contribution in [0.25, 0.3) is 0 Å². The smallest absolute Gasteiger partial charge is 0.265 e. The van der Waals surface area contributed by atoms with E-state index in [2.05, 4.69) is 10.4 Å². The molecule has 0 radical (unpaired) electrons. The van der Waals surface area contributed by atoms with Gasteiger partial charge in [-0.3, -0.25) is 19.5 Å². The maximum Gasteiger partial charge on any atom is 0.265 e. The Morgan fingerprint density at radius 2 is 2.05 bits per heavy atom. The first-order valence-electron chi connectivity index (χ1n) is 6.32. The summed E-state index contributed by atoms with van der Waals surface area (Å²) in [6, 6.07) is 7.46. The van der Waals surface area contributed by atoms with Gasteiger partial charge in [0.05, 0.1) is 6.54 Å². The number of anilines is 1. The number of amides is 1. The lowest BCUT2D eigenvalue weighted by Gasteiger charge is -2.09. The SMILES string of the molecule is Cc1cc(Cl)ccc1NC(=O)CCn1[nH]c(=O)ccc1=O. The average Bonchev–Trinajstić information content (AvgIpc) is 2.43. The Bertz CT molecular complexity index is 780. The van der Waals surface area contributed by atoms with Gasteiger partial charge in [-0.15, -0.1) is 0 Å². The van der Waals surface area contributed by atoms with E-state index in [1.54, 1.807) is 18.2 Å². The number of aromatic nitrogens is 2. The van der Waals surface area contributed by atoms with Gasteiger partial charge in [0.15, 0.2) is 0 Å². The zero-order valence-corrected chi connectivity index (χ0v) is 12.1. The minimum atomic E-state index is -0.386. The van der Waals surface area contributed by atoms with Crippen LogP contribution in [-0.2, 0) is 11.3 Å². The number of halogens is 1. The van der Waals surface area contributed by atoms with E-state index in [-0.39, 0.29) is 30.0 Å². The third kappa shape index (κ3) is 4.06. The molecule has 1 amide bonds. The fourth-order valence-corrected chi connectivity index (χ4v) is 2.05. The molecule has 0 bridgehead atoms. The van der Waals surface area contributed by atoms with Gasteiger partial charge >= 0.3 is 0 Å². The molecule has 21 heavy (non-hydrogen) atoms. The number of benzene rings is 1. The summed E-state index contributed by atoms with van der Waals surface area (Å²) >= 11 is 5.84. The highest BCUT2D eigenvalue weighted by atomic mass is 35.5. The third-order valence-electron chi connectivity index (χ3n) is 2.91. The average molecular weight is 308 g/mol. The molecule has 0 fully saturated rings. The second-order valence-corrected chi connectivity index (χ2v) is 4.99. The molecule has 0 unspecified atom stereocenters. The molecule has 0 aliphatic rings. The summed E-state index contributed by atoms with van der Waals surface area (Å²) in [5.41, 5.74) is 0.771. The molecule has 2 aromatic rings. The predicted molar refractivity (Wildman–Crippen MR) is 80.8 cm³/mol. The van der Waals surface area contributed by atoms with Gasteiger partial charge in [-0.2, -0.15) is 0 Å². The van der Waals surface area contributed by atoms with Gasteiger partial charge in [0.2, 0.25) is 5.91 Å². The van der Waals surface area contributed by atoms with Gasteiger partial charge in [0.1, 0.15) is 0 Å². The first-order valence-corrected chi connectivity index (χ1v) is 6.70. The molecule has 0 spiro atoms. The highest BCUT2D eigenvalue weighted by Gasteiger charge is 2.06. The topological polar surface area (TPSA) is 84.0 Å². The lowest BCUT2D eigenvalue weighted by atomic mass is 10.2. The summed E-state index contributed by atoms with van der Waals surface area (Å²) in [7, 11) is 0. The van der Waals surface area contributed by atoms with Crippen molar-refractivity contribution >= 4 is 23.2 Å². The number of nitrogens with zero attached hydrogens (tertiary/aromatic N) is 1. The van der Waals surface area contributed by atoms with Crippen molar-refractivity contribution in [1.29, 1.82) is 0 Å². The van der Waals surface area contributed by atoms with Crippen LogP contribution in [0.2, 0.25) is 5.02 Å². The van der Waals surface area contributed by atoms with Crippen LogP contribution in [0.4, 0.5) is 5.69 Å². The summed E-state index contributed by atoms with van der Waals surface area (Å²) < 4.78 is 1.11. The molecule has 1 heterocycles. The van der Waals surface area contributed by atoms with Crippen molar-refractivity contribution in [3.63, 3.8) is 0 Å². The summed E-state index contributed by atoms with van der Waals surface area (Å²) in [4.78, 5) is 34.5. The van der Waals surface area contributed by atoms with Crippen molar-refractivity contribution < 1.29 is 4.79 Å². The zero-order chi connectivity index (χ0) is 15.4. The van der Waals surface area contributed by atoms with Crippen molar-refractivity contribution in [3.8, 4) is 0 Å². The molecule has 2 rings (SSSR count). The summed E-state index contributed by atoms with van der Waals surface area (Å²) in [5.74, 6) is -0.253. The van der Waals surface area contributed by atoms with E-state index in [0.29, 0.717) is 10.7 Å². The molecule has 1 aromatic heterocycles. The van der Waals surface area contributed by atoms with Gasteiger partial charge in [-0.05, 0) is 30.7 Å². The quantitative estimate of drug-likeness (QED) is 0.898. The predicted octanol–water partition coefficient (Wildman–Crippen LogP) is 1.53. The molecular weight excluding hydrogens is 294 g/mol. The Labute approximate surface area is 125 Å². The molecule has 0 atom stereocenters. The number of hydrogen-bond donors (Lipinski definition) is 2. The normalized spacial score (nSPS) is 10.4. The summed E-state index contributed by atoms with van der Waals surface area (Å²) in [6.07, 6.45) is 0.0714. The van der Waals surface area contributed by atoms with E-state index in [4.69, 9.17) is 11.6 Å². The third-order valence-corrected chi connectivity index (χ3v) is 3.15. The van der Waals surface area contributed by atoms with Crippen molar-refractivity contribution in [2.75, 3.05) is 5.32 Å². The summed E-state index contributed by atoms with van der Waals surface area (Å²) in [5, 5.41) is 5.70. The number of aryl methyl sites for hydroxylation is 2. The molecule has 6 nitrogen and oxygen atoms in total. The van der Waals surface area contributed by atoms with Crippen molar-refractivity contribution in [2.45, 2.75) is 19.9 Å². The number of H-pyrrole nitrogens is 1. The van der Waals surface area contributed by atoms with E-state index < -0.39 is 0 Å². The minimum Gasteiger partial charge on any atom is -0.326 e. The Balaban J connectivity index is 2.00. The van der Waals surface area contributed by atoms with Crippen LogP contribution >= 0.6 is 11.6 Å². The molecule has 0 saturated heterocycles. The van der Waals surface area contributed by atoms with Crippen LogP contribution < -0.4 is 16.4 Å². The second kappa shape index (κ2) is 6.41. The fourth-order valence-electron chi connectivity index (χ4n) is 1.82. The van der Waals surface area contributed by atoms with Crippen LogP contribution in [0.1, 0.15) is 12.0 Å². The highest BCUT2D eigenvalue weighted by Crippen LogP contribution is 2.19. The number of nitrogens with one attached hydrogen (secondary N) is 2. The summed E-state index contributed by atoms with van der Waals surface area (Å²) in [6.45, 7) is 1.94. The Hall–Kier alpha value is -2.34. The van der Waals surface area contributed by atoms with Crippen molar-refractivity contribution in [3.05, 3.63) is 61.6 Å². The van der Waals surface area contributed by atoms with Crippen LogP contribution in [-0.4, -0.2) is 15.7 Å². The molecule has 0 aliphatic heterocycles. The number of carbonyl (C=O) groups is 1. The fraction of sp³-hybridized carbons (Fsp3) is 0.214. The molecule has 2 N–H and O–H groups in total. The van der Waals surface area contributed by atoms with E-state index in [9.17, 15) is 14.4 Å². The number of hydrogen-bond acceptors (Lipinski definition) is 3. The molecule has 1 aromatic carbocycles. The van der Waals surface area contributed by atoms with E-state index in [1.807, 2.05) is 6.92 Å². The molecule has 110 valence electrons. The molecule has 0 saturated carbocycles. The van der Waals surface area contributed by atoms with Gasteiger partial charge in [-0.25, -0.2) is 4.68 Å². The lowest BCUT2D eigenvalue weighted by Crippen LogP contribution is -2.29. The van der Waals surface area contributed by atoms with Crippen LogP contribution in [0.5, 0.6) is 0 Å². The van der Waals surface area contributed by atoms with Crippen LogP contribution in [0, 0.1) is 6.92 Å². The van der Waals surface area contributed by atoms with Crippen molar-refractivity contribution in [1.82, 2.24) is 9.78 Å². The van der Waals surface area contributed by atoms with E-state index in [0.717, 1.165) is 16.3 Å². The zero-order valence-electron chi connectivity index (χ0n) is 11.4. The minimum absolute atomic E-state index is 0.0714. The van der Waals surface area contributed by atoms with Crippen LogP contribution in [0.3, 0.4) is 0 Å².